The predicted octanol–water partition coefficient (Wildman–Crippen LogP) is -3.36. The van der Waals surface area contributed by atoms with Crippen LogP contribution in [0.15, 0.2) is 24.3 Å². The van der Waals surface area contributed by atoms with Crippen LogP contribution in [0.25, 0.3) is 0 Å². The maximum Gasteiger partial charge on any atom is 0.230 e. The Kier molecular flexibility index (Phi) is 5.77. The third kappa shape index (κ3) is 5.36. The molecule has 1 amide bonds. The van der Waals surface area contributed by atoms with Crippen LogP contribution in [0.3, 0.4) is 0 Å². The number of amides is 1. The number of nitrogens with two attached hydrogens (primary N) is 1. The van der Waals surface area contributed by atoms with E-state index >= 15 is 0 Å². The molecule has 0 aliphatic heterocycles. The monoisotopic (exact) mass is 268 g/mol. The molecule has 7 heteroatoms. The first kappa shape index (κ1) is 14.9. The molecule has 0 spiro atoms. The molecular formula is C12H18N3O4+. The lowest BCUT2D eigenvalue weighted by Gasteiger charge is -2.15. The topological polar surface area (TPSA) is 134 Å². The van der Waals surface area contributed by atoms with Gasteiger partial charge in [-0.2, -0.15) is 0 Å². The van der Waals surface area contributed by atoms with Gasteiger partial charge in [0, 0.05) is 11.8 Å². The van der Waals surface area contributed by atoms with E-state index in [0.29, 0.717) is 18.8 Å². The van der Waals surface area contributed by atoms with Crippen LogP contribution >= 0.6 is 0 Å². The average molecular weight is 268 g/mol. The molecule has 1 aromatic rings. The van der Waals surface area contributed by atoms with Crippen molar-refractivity contribution >= 4 is 17.6 Å². The Hall–Kier alpha value is -2.12. The summed E-state index contributed by atoms with van der Waals surface area (Å²) in [5, 5.41) is 24.1. The molecule has 0 unspecified atom stereocenters. The number of quaternary nitrogens is 2. The molecule has 0 radical (unpaired) electrons. The van der Waals surface area contributed by atoms with Crippen LogP contribution in [0.4, 0.5) is 5.69 Å². The smallest absolute Gasteiger partial charge is 0.230 e. The third-order valence-electron chi connectivity index (χ3n) is 2.49. The molecule has 0 saturated heterocycles. The summed E-state index contributed by atoms with van der Waals surface area (Å²) in [4.78, 5) is 22.5. The lowest BCUT2D eigenvalue weighted by Crippen LogP contribution is -2.95. The summed E-state index contributed by atoms with van der Waals surface area (Å²) < 4.78 is 0. The number of carbonyl (C=O) groups is 2. The molecule has 0 saturated carbocycles. The number of rotatable bonds is 7. The number of phenols is 1. The molecule has 0 aliphatic carbocycles. The highest BCUT2D eigenvalue weighted by Gasteiger charge is 2.18. The van der Waals surface area contributed by atoms with Gasteiger partial charge in [0.15, 0.2) is 0 Å². The van der Waals surface area contributed by atoms with Gasteiger partial charge in [-0.25, -0.2) is 0 Å². The van der Waals surface area contributed by atoms with E-state index in [4.69, 9.17) is 0 Å². The standard InChI is InChI=1S/C12H17N3O4/c13-4-5-14-10(12(18)19)7-11(17)15-8-2-1-3-9(16)6-8/h1-3,6,10,14,16H,4-5,7,13H2,(H,15,17)(H,18,19)/p+1/t10-/m0/s1. The van der Waals surface area contributed by atoms with Crippen molar-refractivity contribution in [3.8, 4) is 5.75 Å². The minimum absolute atomic E-state index is 0.0258. The fourth-order valence-electron chi connectivity index (χ4n) is 1.58. The Balaban J connectivity index is 2.55. The number of hydrogen-bond donors (Lipinski definition) is 4. The van der Waals surface area contributed by atoms with E-state index in [-0.39, 0.29) is 12.2 Å². The Morgan fingerprint density at radius 3 is 2.79 bits per heavy atom. The van der Waals surface area contributed by atoms with Crippen LogP contribution < -0.4 is 21.5 Å². The lowest BCUT2D eigenvalue weighted by molar-refractivity contribution is -0.695. The fourth-order valence-corrected chi connectivity index (χ4v) is 1.58. The van der Waals surface area contributed by atoms with Crippen molar-refractivity contribution in [2.45, 2.75) is 12.5 Å². The summed E-state index contributed by atoms with van der Waals surface area (Å²) in [5.74, 6) is -1.70. The molecule has 19 heavy (non-hydrogen) atoms. The molecule has 7 N–H and O–H groups in total. The van der Waals surface area contributed by atoms with Crippen molar-refractivity contribution in [1.82, 2.24) is 0 Å². The van der Waals surface area contributed by atoms with E-state index < -0.39 is 17.9 Å². The highest BCUT2D eigenvalue weighted by atomic mass is 16.4. The highest BCUT2D eigenvalue weighted by molar-refractivity contribution is 5.93. The van der Waals surface area contributed by atoms with Gasteiger partial charge in [0.2, 0.25) is 5.91 Å². The number of hydrogen-bond acceptors (Lipinski definition) is 4. The second-order valence-corrected chi connectivity index (χ2v) is 4.11. The summed E-state index contributed by atoms with van der Waals surface area (Å²) in [6.45, 7) is 1.08. The van der Waals surface area contributed by atoms with Crippen molar-refractivity contribution in [1.29, 1.82) is 0 Å². The van der Waals surface area contributed by atoms with E-state index in [9.17, 15) is 19.8 Å². The number of nitrogens with one attached hydrogen (secondary N) is 1. The number of phenolic OH excluding ortho intramolecular Hbond substituents is 1. The highest BCUT2D eigenvalue weighted by Crippen LogP contribution is 2.15. The molecule has 0 fully saturated rings. The number of aliphatic carboxylic acids is 1. The first-order valence-electron chi connectivity index (χ1n) is 5.95. The SMILES string of the molecule is [NH3+]CC[NH2+][C@@H](CC(=O)Nc1cccc(O)c1)C(=O)[O-]. The largest absolute Gasteiger partial charge is 0.544 e. The maximum absolute atomic E-state index is 11.7. The van der Waals surface area contributed by atoms with Crippen LogP contribution in [-0.4, -0.2) is 36.1 Å². The van der Waals surface area contributed by atoms with Crippen LogP contribution in [-0.2, 0) is 9.59 Å². The van der Waals surface area contributed by atoms with E-state index in [1.54, 1.807) is 12.1 Å². The minimum Gasteiger partial charge on any atom is -0.544 e. The van der Waals surface area contributed by atoms with Gasteiger partial charge >= 0.3 is 0 Å². The first-order chi connectivity index (χ1) is 9.02. The van der Waals surface area contributed by atoms with Gasteiger partial charge in [0.25, 0.3) is 0 Å². The molecular weight excluding hydrogens is 250 g/mol. The van der Waals surface area contributed by atoms with E-state index in [1.165, 1.54) is 17.4 Å². The van der Waals surface area contributed by atoms with Crippen LogP contribution in [0.2, 0.25) is 0 Å². The number of carbonyl (C=O) groups excluding carboxylic acids is 2. The van der Waals surface area contributed by atoms with Gasteiger partial charge in [-0.05, 0) is 12.1 Å². The minimum atomic E-state index is -1.28. The van der Waals surface area contributed by atoms with E-state index in [2.05, 4.69) is 11.1 Å². The lowest BCUT2D eigenvalue weighted by atomic mass is 10.2. The zero-order valence-electron chi connectivity index (χ0n) is 10.5. The summed E-state index contributed by atoms with van der Waals surface area (Å²) in [6, 6.07) is 5.10. The van der Waals surface area contributed by atoms with E-state index in [1.807, 2.05) is 0 Å². The molecule has 0 aliphatic rings. The van der Waals surface area contributed by atoms with Gasteiger partial charge in [-0.15, -0.1) is 0 Å². The van der Waals surface area contributed by atoms with Crippen LogP contribution in [0.1, 0.15) is 6.42 Å². The van der Waals surface area contributed by atoms with Gasteiger partial charge in [-0.1, -0.05) is 6.07 Å². The Labute approximate surface area is 110 Å². The number of benzene rings is 1. The normalized spacial score (nSPS) is 11.8. The Morgan fingerprint density at radius 1 is 1.47 bits per heavy atom. The average Bonchev–Trinajstić information content (AvgIpc) is 2.34. The first-order valence-corrected chi connectivity index (χ1v) is 5.95. The summed E-state index contributed by atoms with van der Waals surface area (Å²) in [7, 11) is 0. The van der Waals surface area contributed by atoms with Gasteiger partial charge in [0.05, 0.1) is 12.4 Å². The molecule has 1 aromatic carbocycles. The molecule has 1 atom stereocenters. The van der Waals surface area contributed by atoms with Crippen LogP contribution in [0.5, 0.6) is 5.75 Å². The van der Waals surface area contributed by atoms with Crippen molar-refractivity contribution in [3.05, 3.63) is 24.3 Å². The van der Waals surface area contributed by atoms with Crippen molar-refractivity contribution in [3.63, 3.8) is 0 Å². The number of carboxylic acids is 1. The van der Waals surface area contributed by atoms with Crippen molar-refractivity contribution in [2.75, 3.05) is 18.4 Å². The quantitative estimate of drug-likeness (QED) is 0.411. The van der Waals surface area contributed by atoms with Crippen molar-refractivity contribution < 1.29 is 30.9 Å². The second kappa shape index (κ2) is 7.34. The van der Waals surface area contributed by atoms with Gasteiger partial charge < -0.3 is 31.4 Å². The predicted molar refractivity (Wildman–Crippen MR) is 64.7 cm³/mol. The third-order valence-corrected chi connectivity index (χ3v) is 2.49. The van der Waals surface area contributed by atoms with Crippen LogP contribution in [0, 0.1) is 0 Å². The maximum atomic E-state index is 11.7. The number of aromatic hydroxyl groups is 1. The summed E-state index contributed by atoms with van der Waals surface area (Å²) in [6.07, 6.45) is -0.196. The molecule has 0 aromatic heterocycles. The Morgan fingerprint density at radius 2 is 2.21 bits per heavy atom. The summed E-state index contributed by atoms with van der Waals surface area (Å²) >= 11 is 0. The fraction of sp³-hybridized carbons (Fsp3) is 0.333. The summed E-state index contributed by atoms with van der Waals surface area (Å²) in [5.41, 5.74) is 4.02. The molecule has 0 bridgehead atoms. The number of anilines is 1. The van der Waals surface area contributed by atoms with E-state index in [0.717, 1.165) is 0 Å². The van der Waals surface area contributed by atoms with Gasteiger partial charge in [-0.3, -0.25) is 4.79 Å². The Bertz CT molecular complexity index is 450. The molecule has 0 heterocycles. The zero-order chi connectivity index (χ0) is 14.3. The molecule has 1 rings (SSSR count). The van der Waals surface area contributed by atoms with Crippen molar-refractivity contribution in [2.24, 2.45) is 0 Å². The van der Waals surface area contributed by atoms with Gasteiger partial charge in [0.1, 0.15) is 24.9 Å². The number of carboxylic acid groups (broad SMARTS) is 1. The second-order valence-electron chi connectivity index (χ2n) is 4.11. The zero-order valence-corrected chi connectivity index (χ0v) is 10.5. The molecule has 7 nitrogen and oxygen atoms in total. The molecule has 104 valence electrons.